The number of nitrogens with zero attached hydrogens (tertiary/aromatic N) is 2. The van der Waals surface area contributed by atoms with Crippen LogP contribution in [0.4, 0.5) is 0 Å². The molecule has 0 radical (unpaired) electrons. The van der Waals surface area contributed by atoms with Gasteiger partial charge in [0.15, 0.2) is 0 Å². The molecule has 24 heavy (non-hydrogen) atoms. The van der Waals surface area contributed by atoms with Crippen molar-refractivity contribution in [2.75, 3.05) is 13.6 Å². The lowest BCUT2D eigenvalue weighted by molar-refractivity contribution is 0.0694. The van der Waals surface area contributed by atoms with Gasteiger partial charge < -0.3 is 5.11 Å². The van der Waals surface area contributed by atoms with E-state index in [0.717, 1.165) is 13.0 Å². The van der Waals surface area contributed by atoms with Gasteiger partial charge in [0, 0.05) is 24.7 Å². The van der Waals surface area contributed by atoms with E-state index in [1.54, 1.807) is 18.3 Å². The minimum atomic E-state index is -0.920. The molecule has 1 aliphatic carbocycles. The number of benzene rings is 1. The van der Waals surface area contributed by atoms with Crippen LogP contribution in [0.3, 0.4) is 0 Å². The summed E-state index contributed by atoms with van der Waals surface area (Å²) in [6, 6.07) is 13.9. The molecule has 4 heteroatoms. The molecule has 0 amide bonds. The Morgan fingerprint density at radius 3 is 2.46 bits per heavy atom. The molecule has 0 saturated heterocycles. The molecule has 3 rings (SSSR count). The molecule has 1 fully saturated rings. The second-order valence-electron chi connectivity index (χ2n) is 7.48. The Morgan fingerprint density at radius 1 is 1.21 bits per heavy atom. The van der Waals surface area contributed by atoms with E-state index in [2.05, 4.69) is 48.0 Å². The van der Waals surface area contributed by atoms with Gasteiger partial charge in [0.2, 0.25) is 0 Å². The first-order valence-corrected chi connectivity index (χ1v) is 8.27. The number of carbonyl (C=O) groups is 1. The molecule has 1 aromatic carbocycles. The molecule has 0 bridgehead atoms. The third-order valence-corrected chi connectivity index (χ3v) is 5.32. The van der Waals surface area contributed by atoms with Crippen LogP contribution in [0, 0.1) is 5.41 Å². The highest BCUT2D eigenvalue weighted by Crippen LogP contribution is 2.64. The van der Waals surface area contributed by atoms with Crippen molar-refractivity contribution in [1.82, 2.24) is 9.88 Å². The van der Waals surface area contributed by atoms with Gasteiger partial charge in [0.25, 0.3) is 0 Å². The maximum atomic E-state index is 11.4. The number of carboxylic acid groups (broad SMARTS) is 1. The van der Waals surface area contributed by atoms with Crippen molar-refractivity contribution in [1.29, 1.82) is 0 Å². The standard InChI is InChI=1S/C20H24N2O2/c1-19(2)13-20(19,15-8-5-4-6-9-15)14-22(3)12-17-16(18(23)24)10-7-11-21-17/h4-11H,12-14H2,1-3H3,(H,23,24)/t20-/m0/s1. The zero-order valence-corrected chi connectivity index (χ0v) is 14.5. The summed E-state index contributed by atoms with van der Waals surface area (Å²) in [7, 11) is 2.04. The highest BCUT2D eigenvalue weighted by atomic mass is 16.4. The molecule has 2 aromatic rings. The van der Waals surface area contributed by atoms with Crippen molar-refractivity contribution in [2.45, 2.75) is 32.2 Å². The molecule has 0 unspecified atom stereocenters. The van der Waals surface area contributed by atoms with Gasteiger partial charge in [-0.15, -0.1) is 0 Å². The lowest BCUT2D eigenvalue weighted by Crippen LogP contribution is -2.32. The van der Waals surface area contributed by atoms with E-state index >= 15 is 0 Å². The van der Waals surface area contributed by atoms with Crippen LogP contribution in [0.15, 0.2) is 48.7 Å². The number of rotatable bonds is 6. The maximum Gasteiger partial charge on any atom is 0.337 e. The van der Waals surface area contributed by atoms with Gasteiger partial charge in [-0.1, -0.05) is 44.2 Å². The normalized spacial score (nSPS) is 21.7. The average Bonchev–Trinajstić information content (AvgIpc) is 3.10. The first-order valence-electron chi connectivity index (χ1n) is 8.27. The van der Waals surface area contributed by atoms with Gasteiger partial charge in [0.1, 0.15) is 0 Å². The van der Waals surface area contributed by atoms with Gasteiger partial charge in [-0.05, 0) is 36.6 Å². The van der Waals surface area contributed by atoms with Crippen molar-refractivity contribution < 1.29 is 9.90 Å². The van der Waals surface area contributed by atoms with E-state index < -0.39 is 5.97 Å². The Labute approximate surface area is 143 Å². The molecule has 4 nitrogen and oxygen atoms in total. The fourth-order valence-corrected chi connectivity index (χ4v) is 3.85. The van der Waals surface area contributed by atoms with Gasteiger partial charge in [-0.25, -0.2) is 4.79 Å². The summed E-state index contributed by atoms with van der Waals surface area (Å²) in [5.41, 5.74) is 2.65. The Balaban J connectivity index is 1.80. The van der Waals surface area contributed by atoms with E-state index in [0.29, 0.717) is 12.2 Å². The summed E-state index contributed by atoms with van der Waals surface area (Å²) < 4.78 is 0. The lowest BCUT2D eigenvalue weighted by Gasteiger charge is -2.27. The number of hydrogen-bond donors (Lipinski definition) is 1. The van der Waals surface area contributed by atoms with Crippen LogP contribution in [0.2, 0.25) is 0 Å². The summed E-state index contributed by atoms with van der Waals surface area (Å²) >= 11 is 0. The van der Waals surface area contributed by atoms with Crippen molar-refractivity contribution in [3.05, 3.63) is 65.5 Å². The lowest BCUT2D eigenvalue weighted by atomic mass is 9.87. The van der Waals surface area contributed by atoms with Crippen LogP contribution < -0.4 is 0 Å². The Hall–Kier alpha value is -2.20. The largest absolute Gasteiger partial charge is 0.478 e. The molecular formula is C20H24N2O2. The average molecular weight is 324 g/mol. The zero-order chi connectivity index (χ0) is 17.4. The van der Waals surface area contributed by atoms with Crippen molar-refractivity contribution >= 4 is 5.97 Å². The Morgan fingerprint density at radius 2 is 1.88 bits per heavy atom. The molecule has 0 aliphatic heterocycles. The second-order valence-corrected chi connectivity index (χ2v) is 7.48. The Bertz CT molecular complexity index is 742. The van der Waals surface area contributed by atoms with Gasteiger partial charge in [-0.3, -0.25) is 9.88 Å². The van der Waals surface area contributed by atoms with Crippen LogP contribution in [0.25, 0.3) is 0 Å². The quantitative estimate of drug-likeness (QED) is 0.882. The van der Waals surface area contributed by atoms with E-state index in [9.17, 15) is 9.90 Å². The van der Waals surface area contributed by atoms with Crippen molar-refractivity contribution in [2.24, 2.45) is 5.41 Å². The van der Waals surface area contributed by atoms with E-state index in [4.69, 9.17) is 0 Å². The molecule has 1 N–H and O–H groups in total. The van der Waals surface area contributed by atoms with Crippen LogP contribution in [-0.4, -0.2) is 34.6 Å². The fraction of sp³-hybridized carbons (Fsp3) is 0.400. The molecule has 1 saturated carbocycles. The topological polar surface area (TPSA) is 53.4 Å². The van der Waals surface area contributed by atoms with Gasteiger partial charge >= 0.3 is 5.97 Å². The van der Waals surface area contributed by atoms with E-state index in [1.807, 2.05) is 13.1 Å². The summed E-state index contributed by atoms with van der Waals surface area (Å²) in [4.78, 5) is 17.8. The number of aromatic carboxylic acids is 1. The SMILES string of the molecule is CN(Cc1ncccc1C(=O)O)C[C@]1(c2ccccc2)CC1(C)C. The Kier molecular flexibility index (Phi) is 4.18. The summed E-state index contributed by atoms with van der Waals surface area (Å²) in [6.07, 6.45) is 2.80. The van der Waals surface area contributed by atoms with E-state index in [-0.39, 0.29) is 16.4 Å². The van der Waals surface area contributed by atoms with Crippen LogP contribution >= 0.6 is 0 Å². The zero-order valence-electron chi connectivity index (χ0n) is 14.5. The smallest absolute Gasteiger partial charge is 0.337 e. The number of pyridine rings is 1. The molecule has 1 aromatic heterocycles. The van der Waals surface area contributed by atoms with Crippen molar-refractivity contribution in [3.8, 4) is 0 Å². The van der Waals surface area contributed by atoms with Crippen LogP contribution in [0.1, 0.15) is 41.9 Å². The third kappa shape index (κ3) is 2.94. The fourth-order valence-electron chi connectivity index (χ4n) is 3.85. The number of hydrogen-bond acceptors (Lipinski definition) is 3. The molecule has 126 valence electrons. The van der Waals surface area contributed by atoms with Crippen LogP contribution in [0.5, 0.6) is 0 Å². The minimum Gasteiger partial charge on any atom is -0.478 e. The summed E-state index contributed by atoms with van der Waals surface area (Å²) in [6.45, 7) is 6.03. The molecule has 1 atom stereocenters. The van der Waals surface area contributed by atoms with Gasteiger partial charge in [0.05, 0.1) is 11.3 Å². The highest BCUT2D eigenvalue weighted by molar-refractivity contribution is 5.88. The molecule has 1 aliphatic rings. The van der Waals surface area contributed by atoms with Crippen molar-refractivity contribution in [3.63, 3.8) is 0 Å². The van der Waals surface area contributed by atoms with Gasteiger partial charge in [-0.2, -0.15) is 0 Å². The minimum absolute atomic E-state index is 0.126. The second kappa shape index (κ2) is 6.02. The molecular weight excluding hydrogens is 300 g/mol. The maximum absolute atomic E-state index is 11.4. The predicted molar refractivity (Wildman–Crippen MR) is 94.0 cm³/mol. The monoisotopic (exact) mass is 324 g/mol. The molecule has 1 heterocycles. The van der Waals surface area contributed by atoms with E-state index in [1.165, 1.54) is 5.56 Å². The van der Waals surface area contributed by atoms with Crippen LogP contribution in [-0.2, 0) is 12.0 Å². The summed E-state index contributed by atoms with van der Waals surface area (Å²) in [5, 5.41) is 9.33. The highest BCUT2D eigenvalue weighted by Gasteiger charge is 2.61. The predicted octanol–water partition coefficient (Wildman–Crippen LogP) is 3.58. The first-order chi connectivity index (χ1) is 11.4. The number of aromatic nitrogens is 1. The number of likely N-dealkylation sites (N-methyl/N-ethyl adjacent to an activating group) is 1. The third-order valence-electron chi connectivity index (χ3n) is 5.32. The number of carboxylic acids is 1. The first kappa shape index (κ1) is 16.7. The molecule has 0 spiro atoms. The summed E-state index contributed by atoms with van der Waals surface area (Å²) in [5.74, 6) is -0.920.